The van der Waals surface area contributed by atoms with Gasteiger partial charge in [-0.15, -0.1) is 0 Å². The molecule has 20 heavy (non-hydrogen) atoms. The molecule has 0 radical (unpaired) electrons. The number of nitrogens with zero attached hydrogens (tertiary/aromatic N) is 1. The summed E-state index contributed by atoms with van der Waals surface area (Å²) in [5.74, 6) is -0.244. The zero-order valence-electron chi connectivity index (χ0n) is 13.3. The van der Waals surface area contributed by atoms with E-state index in [4.69, 9.17) is 0 Å². The zero-order chi connectivity index (χ0) is 15.3. The van der Waals surface area contributed by atoms with Crippen molar-refractivity contribution in [2.75, 3.05) is 13.1 Å². The average Bonchev–Trinajstić information content (AvgIpc) is 2.79. The highest BCUT2D eigenvalue weighted by molar-refractivity contribution is 5.85. The molecule has 4 heteroatoms. The summed E-state index contributed by atoms with van der Waals surface area (Å²) in [6, 6.07) is 0. The van der Waals surface area contributed by atoms with Gasteiger partial charge in [-0.3, -0.25) is 9.59 Å². The van der Waals surface area contributed by atoms with E-state index in [1.54, 1.807) is 0 Å². The van der Waals surface area contributed by atoms with Gasteiger partial charge in [-0.1, -0.05) is 27.7 Å². The molecule has 0 saturated carbocycles. The Hall–Kier alpha value is -1.06. The van der Waals surface area contributed by atoms with Crippen LogP contribution in [0.15, 0.2) is 0 Å². The van der Waals surface area contributed by atoms with Gasteiger partial charge in [0.25, 0.3) is 0 Å². The highest BCUT2D eigenvalue weighted by atomic mass is 16.4. The number of carboxylic acid groups (broad SMARTS) is 1. The van der Waals surface area contributed by atoms with Crippen molar-refractivity contribution in [3.8, 4) is 0 Å². The van der Waals surface area contributed by atoms with E-state index in [0.29, 0.717) is 12.8 Å². The third kappa shape index (κ3) is 4.50. The first-order chi connectivity index (χ1) is 9.27. The van der Waals surface area contributed by atoms with Crippen molar-refractivity contribution in [1.82, 2.24) is 4.90 Å². The number of hydrogen-bond acceptors (Lipinski definition) is 2. The number of amides is 1. The van der Waals surface area contributed by atoms with Gasteiger partial charge in [-0.2, -0.15) is 0 Å². The summed E-state index contributed by atoms with van der Waals surface area (Å²) in [6.07, 6.45) is 3.37. The minimum Gasteiger partial charge on any atom is -0.481 e. The number of hydrogen-bond donors (Lipinski definition) is 1. The fourth-order valence-electron chi connectivity index (χ4n) is 3.41. The summed E-state index contributed by atoms with van der Waals surface area (Å²) >= 11 is 0. The van der Waals surface area contributed by atoms with E-state index in [1.165, 1.54) is 0 Å². The molecule has 1 fully saturated rings. The van der Waals surface area contributed by atoms with Crippen molar-refractivity contribution in [1.29, 1.82) is 0 Å². The number of carbonyl (C=O) groups excluding carboxylic acids is 1. The van der Waals surface area contributed by atoms with Crippen LogP contribution in [-0.4, -0.2) is 35.0 Å². The number of carboxylic acids is 1. The first-order valence-electron chi connectivity index (χ1n) is 7.78. The van der Waals surface area contributed by atoms with Crippen LogP contribution in [0, 0.1) is 17.3 Å². The molecule has 0 aromatic carbocycles. The lowest BCUT2D eigenvalue weighted by Gasteiger charge is -2.33. The maximum absolute atomic E-state index is 12.4. The predicted octanol–water partition coefficient (Wildman–Crippen LogP) is 3.16. The largest absolute Gasteiger partial charge is 0.481 e. The van der Waals surface area contributed by atoms with Gasteiger partial charge >= 0.3 is 5.97 Å². The Morgan fingerprint density at radius 1 is 1.05 bits per heavy atom. The van der Waals surface area contributed by atoms with E-state index in [9.17, 15) is 14.7 Å². The van der Waals surface area contributed by atoms with E-state index in [-0.39, 0.29) is 24.2 Å². The van der Waals surface area contributed by atoms with E-state index < -0.39 is 11.4 Å². The average molecular weight is 283 g/mol. The Bertz CT molecular complexity index is 334. The second kappa shape index (κ2) is 7.09. The molecule has 1 aliphatic heterocycles. The first-order valence-corrected chi connectivity index (χ1v) is 7.78. The molecule has 0 aromatic rings. The topological polar surface area (TPSA) is 57.6 Å². The summed E-state index contributed by atoms with van der Waals surface area (Å²) in [7, 11) is 0. The molecule has 0 bridgehead atoms. The Labute approximate surface area is 122 Å². The maximum Gasteiger partial charge on any atom is 0.310 e. The molecule has 1 aliphatic rings. The quantitative estimate of drug-likeness (QED) is 0.780. The summed E-state index contributed by atoms with van der Waals surface area (Å²) in [4.78, 5) is 26.1. The van der Waals surface area contributed by atoms with E-state index >= 15 is 0 Å². The highest BCUT2D eigenvalue weighted by Gasteiger charge is 2.42. The van der Waals surface area contributed by atoms with Crippen molar-refractivity contribution < 1.29 is 14.7 Å². The first kappa shape index (κ1) is 17.0. The van der Waals surface area contributed by atoms with Crippen molar-refractivity contribution in [2.24, 2.45) is 17.3 Å². The molecule has 0 spiro atoms. The predicted molar refractivity (Wildman–Crippen MR) is 79.4 cm³/mol. The molecule has 1 amide bonds. The Kier molecular flexibility index (Phi) is 6.03. The van der Waals surface area contributed by atoms with E-state index in [0.717, 1.165) is 25.9 Å². The Morgan fingerprint density at radius 2 is 1.50 bits per heavy atom. The lowest BCUT2D eigenvalue weighted by Crippen LogP contribution is -2.40. The molecule has 1 N–H and O–H groups in total. The van der Waals surface area contributed by atoms with Gasteiger partial charge in [0.2, 0.25) is 5.91 Å². The molecule has 1 rings (SSSR count). The molecule has 1 heterocycles. The minimum absolute atomic E-state index is 0.0196. The van der Waals surface area contributed by atoms with Crippen LogP contribution in [0.5, 0.6) is 0 Å². The molecular formula is C16H29NO3. The van der Waals surface area contributed by atoms with Crippen LogP contribution in [0.25, 0.3) is 0 Å². The lowest BCUT2D eigenvalue weighted by molar-refractivity contribution is -0.156. The highest BCUT2D eigenvalue weighted by Crippen LogP contribution is 2.38. The van der Waals surface area contributed by atoms with Gasteiger partial charge in [0, 0.05) is 19.5 Å². The molecule has 4 nitrogen and oxygen atoms in total. The zero-order valence-corrected chi connectivity index (χ0v) is 13.3. The fraction of sp³-hybridized carbons (Fsp3) is 0.875. The molecular weight excluding hydrogens is 254 g/mol. The summed E-state index contributed by atoms with van der Waals surface area (Å²) < 4.78 is 0. The van der Waals surface area contributed by atoms with E-state index in [1.807, 2.05) is 32.6 Å². The van der Waals surface area contributed by atoms with Crippen LogP contribution in [-0.2, 0) is 9.59 Å². The van der Waals surface area contributed by atoms with Crippen molar-refractivity contribution in [2.45, 2.75) is 59.8 Å². The van der Waals surface area contributed by atoms with Gasteiger partial charge in [0.1, 0.15) is 0 Å². The van der Waals surface area contributed by atoms with Gasteiger partial charge in [-0.25, -0.2) is 0 Å². The maximum atomic E-state index is 12.4. The van der Waals surface area contributed by atoms with Gasteiger partial charge in [0.05, 0.1) is 5.41 Å². The second-order valence-electron chi connectivity index (χ2n) is 7.05. The fourth-order valence-corrected chi connectivity index (χ4v) is 3.41. The van der Waals surface area contributed by atoms with Crippen LogP contribution in [0.3, 0.4) is 0 Å². The van der Waals surface area contributed by atoms with Gasteiger partial charge in [-0.05, 0) is 37.5 Å². The monoisotopic (exact) mass is 283 g/mol. The van der Waals surface area contributed by atoms with Gasteiger partial charge < -0.3 is 10.0 Å². The van der Waals surface area contributed by atoms with Gasteiger partial charge in [0.15, 0.2) is 0 Å². The number of carbonyl (C=O) groups is 2. The van der Waals surface area contributed by atoms with Crippen LogP contribution < -0.4 is 0 Å². The molecule has 0 aliphatic carbocycles. The normalized spacial score (nSPS) is 16.2. The SMILES string of the molecule is CC(C)CC(CC(=O)N1CCCC1)(CC(C)C)C(=O)O. The third-order valence-corrected chi connectivity index (χ3v) is 4.00. The van der Waals surface area contributed by atoms with Crippen molar-refractivity contribution in [3.63, 3.8) is 0 Å². The Morgan fingerprint density at radius 3 is 1.85 bits per heavy atom. The number of likely N-dealkylation sites (tertiary alicyclic amines) is 1. The van der Waals surface area contributed by atoms with Crippen LogP contribution in [0.1, 0.15) is 59.8 Å². The summed E-state index contributed by atoms with van der Waals surface area (Å²) in [5, 5.41) is 9.74. The molecule has 0 unspecified atom stereocenters. The minimum atomic E-state index is -0.901. The van der Waals surface area contributed by atoms with Crippen LogP contribution in [0.4, 0.5) is 0 Å². The standard InChI is InChI=1S/C16H29NO3/c1-12(2)9-16(15(19)20,10-13(3)4)11-14(18)17-7-5-6-8-17/h12-13H,5-11H2,1-4H3,(H,19,20). The Balaban J connectivity index is 2.88. The van der Waals surface area contributed by atoms with Crippen molar-refractivity contribution >= 4 is 11.9 Å². The molecule has 0 atom stereocenters. The number of aliphatic carboxylic acids is 1. The van der Waals surface area contributed by atoms with Crippen LogP contribution in [0.2, 0.25) is 0 Å². The summed E-state index contributed by atoms with van der Waals surface area (Å²) in [5.41, 5.74) is -0.901. The number of rotatable bonds is 7. The van der Waals surface area contributed by atoms with Crippen molar-refractivity contribution in [3.05, 3.63) is 0 Å². The third-order valence-electron chi connectivity index (χ3n) is 4.00. The smallest absolute Gasteiger partial charge is 0.310 e. The summed E-state index contributed by atoms with van der Waals surface area (Å²) in [6.45, 7) is 9.68. The molecule has 0 aromatic heterocycles. The lowest BCUT2D eigenvalue weighted by atomic mass is 9.71. The van der Waals surface area contributed by atoms with E-state index in [2.05, 4.69) is 0 Å². The second-order valence-corrected chi connectivity index (χ2v) is 7.05. The molecule has 1 saturated heterocycles. The molecule has 116 valence electrons. The van der Waals surface area contributed by atoms with Crippen LogP contribution >= 0.6 is 0 Å².